The largest absolute Gasteiger partial charge is 0.480 e. The molecule has 2 aromatic rings. The second-order valence-corrected chi connectivity index (χ2v) is 5.64. The van der Waals surface area contributed by atoms with E-state index in [0.29, 0.717) is 17.2 Å². The molecular weight excluding hydrogens is 311 g/mol. The summed E-state index contributed by atoms with van der Waals surface area (Å²) < 4.78 is 15.7. The van der Waals surface area contributed by atoms with Crippen LogP contribution in [-0.4, -0.2) is 36.8 Å². The van der Waals surface area contributed by atoms with Crippen LogP contribution in [0.25, 0.3) is 0 Å². The van der Waals surface area contributed by atoms with Crippen LogP contribution in [0.2, 0.25) is 5.02 Å². The van der Waals surface area contributed by atoms with E-state index in [1.165, 1.54) is 12.1 Å². The molecular formula is C14H14ClFN4O2. The Hall–Kier alpha value is -1.99. The molecule has 116 valence electrons. The fourth-order valence-corrected chi connectivity index (χ4v) is 2.87. The number of aryl methyl sites for hydroxylation is 1. The number of carbonyl (C=O) groups is 1. The van der Waals surface area contributed by atoms with E-state index in [9.17, 15) is 14.3 Å². The zero-order valence-electron chi connectivity index (χ0n) is 11.8. The average Bonchev–Trinajstić information content (AvgIpc) is 2.83. The molecule has 1 aromatic heterocycles. The molecule has 0 bridgehead atoms. The first-order valence-electron chi connectivity index (χ1n) is 6.76. The van der Waals surface area contributed by atoms with Crippen molar-refractivity contribution >= 4 is 17.6 Å². The maximum absolute atomic E-state index is 13.9. The number of hydrogen-bond acceptors (Lipinski definition) is 4. The predicted octanol–water partition coefficient (Wildman–Crippen LogP) is 1.85. The van der Waals surface area contributed by atoms with Crippen LogP contribution in [0.4, 0.5) is 4.39 Å². The number of benzene rings is 1. The summed E-state index contributed by atoms with van der Waals surface area (Å²) in [4.78, 5) is 13.2. The number of hydrogen-bond donors (Lipinski definition) is 1. The van der Waals surface area contributed by atoms with E-state index < -0.39 is 17.8 Å². The minimum absolute atomic E-state index is 0.106. The highest BCUT2D eigenvalue weighted by atomic mass is 35.5. The number of rotatable bonds is 3. The summed E-state index contributed by atoms with van der Waals surface area (Å²) in [5, 5.41) is 17.7. The molecule has 0 aliphatic carbocycles. The molecule has 1 aliphatic rings. The lowest BCUT2D eigenvalue weighted by Gasteiger charge is -2.33. The summed E-state index contributed by atoms with van der Waals surface area (Å²) in [6, 6.07) is 3.64. The molecule has 6 nitrogen and oxygen atoms in total. The van der Waals surface area contributed by atoms with Crippen molar-refractivity contribution in [2.45, 2.75) is 32.6 Å². The first-order chi connectivity index (χ1) is 10.5. The average molecular weight is 325 g/mol. The molecule has 0 radical (unpaired) electrons. The van der Waals surface area contributed by atoms with Crippen LogP contribution >= 0.6 is 11.6 Å². The van der Waals surface area contributed by atoms with Crippen molar-refractivity contribution in [1.29, 1.82) is 0 Å². The SMILES string of the molecule is Cc1nnc2n1CC(C(=O)O)N(Cc1c(F)cccc1Cl)C2. The van der Waals surface area contributed by atoms with Crippen molar-refractivity contribution in [3.05, 3.63) is 46.3 Å². The van der Waals surface area contributed by atoms with E-state index in [1.807, 2.05) is 0 Å². The van der Waals surface area contributed by atoms with Crippen molar-refractivity contribution in [3.63, 3.8) is 0 Å². The summed E-state index contributed by atoms with van der Waals surface area (Å²) in [5.74, 6) is -0.0710. The molecule has 1 atom stereocenters. The number of fused-ring (bicyclic) bond motifs is 1. The second-order valence-electron chi connectivity index (χ2n) is 5.23. The summed E-state index contributed by atoms with van der Waals surface area (Å²) >= 11 is 6.03. The highest BCUT2D eigenvalue weighted by Crippen LogP contribution is 2.25. The van der Waals surface area contributed by atoms with Gasteiger partial charge >= 0.3 is 5.97 Å². The Morgan fingerprint density at radius 2 is 2.27 bits per heavy atom. The smallest absolute Gasteiger partial charge is 0.322 e. The second kappa shape index (κ2) is 5.66. The lowest BCUT2D eigenvalue weighted by Crippen LogP contribution is -2.47. The van der Waals surface area contributed by atoms with Gasteiger partial charge in [0, 0.05) is 17.1 Å². The van der Waals surface area contributed by atoms with Crippen LogP contribution < -0.4 is 0 Å². The minimum atomic E-state index is -0.966. The third-order valence-electron chi connectivity index (χ3n) is 3.86. The summed E-state index contributed by atoms with van der Waals surface area (Å²) in [6.45, 7) is 2.39. The normalized spacial score (nSPS) is 18.2. The van der Waals surface area contributed by atoms with E-state index in [0.717, 1.165) is 0 Å². The Kier molecular flexibility index (Phi) is 3.84. The van der Waals surface area contributed by atoms with Crippen LogP contribution in [0.15, 0.2) is 18.2 Å². The number of aliphatic carboxylic acids is 1. The van der Waals surface area contributed by atoms with Crippen molar-refractivity contribution in [2.24, 2.45) is 0 Å². The highest BCUT2D eigenvalue weighted by Gasteiger charge is 2.34. The van der Waals surface area contributed by atoms with Gasteiger partial charge in [0.1, 0.15) is 23.5 Å². The van der Waals surface area contributed by atoms with Gasteiger partial charge in [0.25, 0.3) is 0 Å². The summed E-state index contributed by atoms with van der Waals surface area (Å²) in [5.41, 5.74) is 0.292. The van der Waals surface area contributed by atoms with Gasteiger partial charge in [0.2, 0.25) is 0 Å². The van der Waals surface area contributed by atoms with Crippen molar-refractivity contribution in [1.82, 2.24) is 19.7 Å². The van der Waals surface area contributed by atoms with Gasteiger partial charge in [-0.15, -0.1) is 10.2 Å². The van der Waals surface area contributed by atoms with Gasteiger partial charge in [0.05, 0.1) is 13.1 Å². The Morgan fingerprint density at radius 1 is 1.50 bits per heavy atom. The van der Waals surface area contributed by atoms with E-state index in [2.05, 4.69) is 10.2 Å². The molecule has 1 aliphatic heterocycles. The van der Waals surface area contributed by atoms with E-state index in [1.54, 1.807) is 22.5 Å². The highest BCUT2D eigenvalue weighted by molar-refractivity contribution is 6.31. The van der Waals surface area contributed by atoms with E-state index in [-0.39, 0.29) is 24.7 Å². The van der Waals surface area contributed by atoms with Gasteiger partial charge in [-0.3, -0.25) is 9.69 Å². The zero-order valence-corrected chi connectivity index (χ0v) is 12.6. The molecule has 1 N–H and O–H groups in total. The molecule has 0 amide bonds. The van der Waals surface area contributed by atoms with Crippen molar-refractivity contribution in [3.8, 4) is 0 Å². The van der Waals surface area contributed by atoms with Gasteiger partial charge in [-0.25, -0.2) is 4.39 Å². The molecule has 0 spiro atoms. The van der Waals surface area contributed by atoms with Crippen molar-refractivity contribution in [2.75, 3.05) is 0 Å². The molecule has 1 aromatic carbocycles. The predicted molar refractivity (Wildman–Crippen MR) is 76.8 cm³/mol. The van der Waals surface area contributed by atoms with Gasteiger partial charge in [-0.2, -0.15) is 0 Å². The lowest BCUT2D eigenvalue weighted by molar-refractivity contribution is -0.145. The lowest BCUT2D eigenvalue weighted by atomic mass is 10.1. The van der Waals surface area contributed by atoms with E-state index >= 15 is 0 Å². The molecule has 3 rings (SSSR count). The van der Waals surface area contributed by atoms with Gasteiger partial charge < -0.3 is 9.67 Å². The first-order valence-corrected chi connectivity index (χ1v) is 7.13. The molecule has 8 heteroatoms. The van der Waals surface area contributed by atoms with Gasteiger partial charge in [-0.05, 0) is 19.1 Å². The maximum atomic E-state index is 13.9. The Bertz CT molecular complexity index is 713. The third kappa shape index (κ3) is 2.57. The Morgan fingerprint density at radius 3 is 2.95 bits per heavy atom. The van der Waals surface area contributed by atoms with Crippen LogP contribution in [0, 0.1) is 12.7 Å². The van der Waals surface area contributed by atoms with Crippen LogP contribution in [0.1, 0.15) is 17.2 Å². The van der Waals surface area contributed by atoms with Crippen LogP contribution in [-0.2, 0) is 24.4 Å². The minimum Gasteiger partial charge on any atom is -0.480 e. The number of carboxylic acid groups (broad SMARTS) is 1. The fourth-order valence-electron chi connectivity index (χ4n) is 2.65. The summed E-state index contributed by atoms with van der Waals surface area (Å²) in [6.07, 6.45) is 0. The molecule has 22 heavy (non-hydrogen) atoms. The number of carboxylic acids is 1. The molecule has 0 saturated heterocycles. The molecule has 0 saturated carbocycles. The third-order valence-corrected chi connectivity index (χ3v) is 4.22. The monoisotopic (exact) mass is 324 g/mol. The maximum Gasteiger partial charge on any atom is 0.322 e. The molecule has 2 heterocycles. The van der Waals surface area contributed by atoms with Crippen LogP contribution in [0.3, 0.4) is 0 Å². The Labute approximate surface area is 131 Å². The quantitative estimate of drug-likeness (QED) is 0.933. The first kappa shape index (κ1) is 14.9. The molecule has 1 unspecified atom stereocenters. The number of nitrogens with zero attached hydrogens (tertiary/aromatic N) is 4. The number of aromatic nitrogens is 3. The Balaban J connectivity index is 1.93. The fraction of sp³-hybridized carbons (Fsp3) is 0.357. The number of halogens is 2. The summed E-state index contributed by atoms with van der Waals surface area (Å²) in [7, 11) is 0. The molecule has 0 fully saturated rings. The van der Waals surface area contributed by atoms with E-state index in [4.69, 9.17) is 11.6 Å². The van der Waals surface area contributed by atoms with Gasteiger partial charge in [0.15, 0.2) is 0 Å². The van der Waals surface area contributed by atoms with Gasteiger partial charge in [-0.1, -0.05) is 17.7 Å². The standard InChI is InChI=1S/C14H14ClFN4O2/c1-8-17-18-13-7-19(12(14(21)22)6-20(8)13)5-9-10(15)3-2-4-11(9)16/h2-4,12H,5-7H2,1H3,(H,21,22). The topological polar surface area (TPSA) is 71.2 Å². The zero-order chi connectivity index (χ0) is 15.9. The van der Waals surface area contributed by atoms with Crippen molar-refractivity contribution < 1.29 is 14.3 Å². The van der Waals surface area contributed by atoms with Crippen LogP contribution in [0.5, 0.6) is 0 Å².